The molecule has 1 aromatic rings. The van der Waals surface area contributed by atoms with E-state index in [1.54, 1.807) is 32.2 Å². The van der Waals surface area contributed by atoms with E-state index in [4.69, 9.17) is 11.6 Å². The molecule has 0 spiro atoms. The Morgan fingerprint density at radius 2 is 2.05 bits per heavy atom. The number of carbonyl (C=O) groups excluding carboxylic acids is 1. The molecule has 1 aliphatic heterocycles. The third kappa shape index (κ3) is 4.16. The first-order valence-corrected chi connectivity index (χ1v) is 7.08. The zero-order valence-electron chi connectivity index (χ0n) is 11.8. The summed E-state index contributed by atoms with van der Waals surface area (Å²) in [7, 11) is 0. The second-order valence-electron chi connectivity index (χ2n) is 5.75. The summed E-state index contributed by atoms with van der Waals surface area (Å²) >= 11 is 5.81. The fourth-order valence-electron chi connectivity index (χ4n) is 2.37. The summed E-state index contributed by atoms with van der Waals surface area (Å²) in [6, 6.07) is 3.27. The van der Waals surface area contributed by atoms with Crippen LogP contribution in [0.1, 0.15) is 24.2 Å². The van der Waals surface area contributed by atoms with Gasteiger partial charge >= 0.3 is 0 Å². The number of amides is 1. The Morgan fingerprint density at radius 1 is 1.40 bits per heavy atom. The fourth-order valence-corrected chi connectivity index (χ4v) is 2.55. The maximum Gasteiger partial charge on any atom is 0.254 e. The van der Waals surface area contributed by atoms with Crippen molar-refractivity contribution in [2.75, 3.05) is 32.7 Å². The molecule has 0 unspecified atom stereocenters. The Bertz CT molecular complexity index is 480. The maximum atomic E-state index is 12.3. The van der Waals surface area contributed by atoms with E-state index < -0.39 is 5.60 Å². The molecule has 0 radical (unpaired) electrons. The molecule has 5 nitrogen and oxygen atoms in total. The van der Waals surface area contributed by atoms with Crippen molar-refractivity contribution in [2.45, 2.75) is 19.4 Å². The highest BCUT2D eigenvalue weighted by Gasteiger charge is 2.25. The highest BCUT2D eigenvalue weighted by atomic mass is 35.5. The second kappa shape index (κ2) is 6.08. The third-order valence-electron chi connectivity index (χ3n) is 3.24. The van der Waals surface area contributed by atoms with Crippen molar-refractivity contribution in [1.82, 2.24) is 14.8 Å². The van der Waals surface area contributed by atoms with Gasteiger partial charge in [-0.05, 0) is 26.0 Å². The van der Waals surface area contributed by atoms with E-state index >= 15 is 0 Å². The maximum absolute atomic E-state index is 12.3. The molecule has 1 aliphatic rings. The van der Waals surface area contributed by atoms with E-state index in [0.29, 0.717) is 30.4 Å². The zero-order chi connectivity index (χ0) is 14.8. The highest BCUT2D eigenvalue weighted by molar-refractivity contribution is 6.29. The van der Waals surface area contributed by atoms with Gasteiger partial charge in [-0.3, -0.25) is 9.69 Å². The van der Waals surface area contributed by atoms with Crippen molar-refractivity contribution in [1.29, 1.82) is 0 Å². The first-order valence-electron chi connectivity index (χ1n) is 6.71. The number of aliphatic hydroxyl groups is 1. The molecule has 20 heavy (non-hydrogen) atoms. The number of nitrogens with zero attached hydrogens (tertiary/aromatic N) is 3. The molecule has 110 valence electrons. The third-order valence-corrected chi connectivity index (χ3v) is 3.45. The molecule has 0 atom stereocenters. The van der Waals surface area contributed by atoms with Crippen molar-refractivity contribution in [3.63, 3.8) is 0 Å². The molecule has 1 saturated heterocycles. The number of β-amino-alcohol motifs (C(OH)–C–C–N with tert-alkyl or cyclic N) is 1. The number of hydrogen-bond donors (Lipinski definition) is 1. The van der Waals surface area contributed by atoms with Crippen LogP contribution in [-0.4, -0.2) is 64.1 Å². The topological polar surface area (TPSA) is 56.7 Å². The van der Waals surface area contributed by atoms with Crippen molar-refractivity contribution >= 4 is 17.5 Å². The van der Waals surface area contributed by atoms with Gasteiger partial charge in [-0.15, -0.1) is 0 Å². The van der Waals surface area contributed by atoms with Gasteiger partial charge in [-0.1, -0.05) is 11.6 Å². The van der Waals surface area contributed by atoms with Crippen LogP contribution in [-0.2, 0) is 0 Å². The highest BCUT2D eigenvalue weighted by Crippen LogP contribution is 2.13. The van der Waals surface area contributed by atoms with Crippen LogP contribution in [0, 0.1) is 0 Å². The Kier molecular flexibility index (Phi) is 4.62. The van der Waals surface area contributed by atoms with Crippen LogP contribution in [0.25, 0.3) is 0 Å². The lowest BCUT2D eigenvalue weighted by Gasteiger charge is -2.37. The predicted octanol–water partition coefficient (Wildman–Crippen LogP) is 1.26. The molecule has 0 aliphatic carbocycles. The van der Waals surface area contributed by atoms with E-state index in [-0.39, 0.29) is 5.91 Å². The van der Waals surface area contributed by atoms with Crippen LogP contribution >= 0.6 is 11.6 Å². The summed E-state index contributed by atoms with van der Waals surface area (Å²) in [5.41, 5.74) is -0.133. The molecule has 2 rings (SSSR count). The van der Waals surface area contributed by atoms with Gasteiger partial charge in [0.1, 0.15) is 5.15 Å². The van der Waals surface area contributed by atoms with Crippen LogP contribution in [0.15, 0.2) is 18.3 Å². The van der Waals surface area contributed by atoms with Crippen LogP contribution in [0.2, 0.25) is 5.15 Å². The van der Waals surface area contributed by atoms with Crippen LogP contribution in [0.5, 0.6) is 0 Å². The van der Waals surface area contributed by atoms with Gasteiger partial charge in [0.2, 0.25) is 0 Å². The molecule has 2 heterocycles. The van der Waals surface area contributed by atoms with Crippen molar-refractivity contribution in [3.05, 3.63) is 29.0 Å². The second-order valence-corrected chi connectivity index (χ2v) is 6.14. The summed E-state index contributed by atoms with van der Waals surface area (Å²) in [6.45, 7) is 7.08. The smallest absolute Gasteiger partial charge is 0.254 e. The Labute approximate surface area is 124 Å². The summed E-state index contributed by atoms with van der Waals surface area (Å²) in [5, 5.41) is 10.1. The standard InChI is InChI=1S/C14H20ClN3O2/c1-14(2,20)10-17-5-7-18(8-6-17)13(19)11-3-4-16-12(15)9-11/h3-4,9,20H,5-8,10H2,1-2H3. The quantitative estimate of drug-likeness (QED) is 0.854. The zero-order valence-corrected chi connectivity index (χ0v) is 12.6. The first kappa shape index (κ1) is 15.2. The van der Waals surface area contributed by atoms with E-state index in [0.717, 1.165) is 13.1 Å². The molecule has 0 bridgehead atoms. The number of carbonyl (C=O) groups is 1. The van der Waals surface area contributed by atoms with Crippen molar-refractivity contribution in [3.8, 4) is 0 Å². The number of halogens is 1. The summed E-state index contributed by atoms with van der Waals surface area (Å²) in [6.07, 6.45) is 1.54. The van der Waals surface area contributed by atoms with E-state index in [1.807, 2.05) is 4.90 Å². The Balaban J connectivity index is 1.92. The summed E-state index contributed by atoms with van der Waals surface area (Å²) in [5.74, 6) is -0.0165. The molecular formula is C14H20ClN3O2. The molecule has 1 amide bonds. The van der Waals surface area contributed by atoms with Gasteiger partial charge in [-0.25, -0.2) is 4.98 Å². The first-order chi connectivity index (χ1) is 9.35. The minimum absolute atomic E-state index is 0.0165. The lowest BCUT2D eigenvalue weighted by molar-refractivity contribution is 0.0178. The molecule has 0 saturated carbocycles. The van der Waals surface area contributed by atoms with Crippen LogP contribution in [0.4, 0.5) is 0 Å². The lowest BCUT2D eigenvalue weighted by atomic mass is 10.1. The molecule has 6 heteroatoms. The lowest BCUT2D eigenvalue weighted by Crippen LogP contribution is -2.52. The van der Waals surface area contributed by atoms with Crippen LogP contribution < -0.4 is 0 Å². The minimum atomic E-state index is -0.704. The van der Waals surface area contributed by atoms with Gasteiger partial charge in [0.05, 0.1) is 5.60 Å². The predicted molar refractivity (Wildman–Crippen MR) is 77.9 cm³/mol. The average Bonchev–Trinajstić information content (AvgIpc) is 2.37. The summed E-state index contributed by atoms with van der Waals surface area (Å²) in [4.78, 5) is 20.2. The molecule has 1 fully saturated rings. The molecule has 1 aromatic heterocycles. The largest absolute Gasteiger partial charge is 0.389 e. The van der Waals surface area contributed by atoms with E-state index in [9.17, 15) is 9.90 Å². The number of piperazine rings is 1. The van der Waals surface area contributed by atoms with Crippen LogP contribution in [0.3, 0.4) is 0 Å². The summed E-state index contributed by atoms with van der Waals surface area (Å²) < 4.78 is 0. The van der Waals surface area contributed by atoms with Gasteiger partial charge in [0, 0.05) is 44.5 Å². The van der Waals surface area contributed by atoms with Gasteiger partial charge < -0.3 is 10.0 Å². The average molecular weight is 298 g/mol. The number of hydrogen-bond acceptors (Lipinski definition) is 4. The van der Waals surface area contributed by atoms with Crippen molar-refractivity contribution < 1.29 is 9.90 Å². The van der Waals surface area contributed by atoms with Gasteiger partial charge in [-0.2, -0.15) is 0 Å². The Morgan fingerprint density at radius 3 is 2.60 bits per heavy atom. The van der Waals surface area contributed by atoms with Gasteiger partial charge in [0.25, 0.3) is 5.91 Å². The molecule has 0 aromatic carbocycles. The monoisotopic (exact) mass is 297 g/mol. The number of rotatable bonds is 3. The SMILES string of the molecule is CC(C)(O)CN1CCN(C(=O)c2ccnc(Cl)c2)CC1. The van der Waals surface area contributed by atoms with Crippen molar-refractivity contribution in [2.24, 2.45) is 0 Å². The van der Waals surface area contributed by atoms with Gasteiger partial charge in [0.15, 0.2) is 0 Å². The normalized spacial score (nSPS) is 17.3. The minimum Gasteiger partial charge on any atom is -0.389 e. The van der Waals surface area contributed by atoms with E-state index in [1.165, 1.54) is 0 Å². The number of pyridine rings is 1. The Hall–Kier alpha value is -1.17. The fraction of sp³-hybridized carbons (Fsp3) is 0.571. The van der Waals surface area contributed by atoms with E-state index in [2.05, 4.69) is 9.88 Å². The number of aromatic nitrogens is 1. The molecular weight excluding hydrogens is 278 g/mol. The molecule has 1 N–H and O–H groups in total.